The Morgan fingerprint density at radius 2 is 1.86 bits per heavy atom. The maximum absolute atomic E-state index is 12.0. The molecule has 0 heterocycles. The number of carbonyl (C=O) groups excluding carboxylic acids is 1. The number of ether oxygens (including phenoxy) is 1. The molecule has 0 fully saturated rings. The molecule has 156 valence electrons. The van der Waals surface area contributed by atoms with Crippen molar-refractivity contribution in [2.24, 2.45) is 4.99 Å². The van der Waals surface area contributed by atoms with Gasteiger partial charge in [-0.3, -0.25) is 9.79 Å². The number of halogens is 1. The average molecular weight is 508 g/mol. The SMILES string of the molecule is C=CCOc1ccccc1CNC(=NC)NCc1cccc(C(=O)NCC)c1.I. The van der Waals surface area contributed by atoms with Crippen LogP contribution in [0.4, 0.5) is 0 Å². The molecule has 0 radical (unpaired) electrons. The third-order valence-corrected chi connectivity index (χ3v) is 3.99. The summed E-state index contributed by atoms with van der Waals surface area (Å²) in [5.74, 6) is 1.42. The largest absolute Gasteiger partial charge is 0.489 e. The first-order chi connectivity index (χ1) is 13.7. The second-order valence-corrected chi connectivity index (χ2v) is 6.05. The van der Waals surface area contributed by atoms with Gasteiger partial charge in [-0.2, -0.15) is 0 Å². The zero-order valence-electron chi connectivity index (χ0n) is 16.9. The number of amides is 1. The summed E-state index contributed by atoms with van der Waals surface area (Å²) in [5, 5.41) is 9.36. The monoisotopic (exact) mass is 508 g/mol. The van der Waals surface area contributed by atoms with Gasteiger partial charge in [0.1, 0.15) is 12.4 Å². The smallest absolute Gasteiger partial charge is 0.251 e. The molecule has 0 spiro atoms. The summed E-state index contributed by atoms with van der Waals surface area (Å²) >= 11 is 0. The van der Waals surface area contributed by atoms with Gasteiger partial charge >= 0.3 is 0 Å². The second kappa shape index (κ2) is 13.6. The van der Waals surface area contributed by atoms with Gasteiger partial charge < -0.3 is 20.7 Å². The average Bonchev–Trinajstić information content (AvgIpc) is 2.73. The molecule has 2 aromatic rings. The standard InChI is InChI=1S/C22H28N4O2.HI/c1-4-13-28-20-12-7-6-10-19(20)16-26-22(23-3)25-15-17-9-8-11-18(14-17)21(27)24-5-2;/h4,6-12,14H,1,5,13,15-16H2,2-3H3,(H,24,27)(H2,23,25,26);1H. The van der Waals surface area contributed by atoms with E-state index in [9.17, 15) is 4.79 Å². The quantitative estimate of drug-likeness (QED) is 0.210. The molecule has 0 aliphatic carbocycles. The first kappa shape index (κ1) is 24.5. The van der Waals surface area contributed by atoms with Gasteiger partial charge in [-0.1, -0.05) is 43.0 Å². The van der Waals surface area contributed by atoms with E-state index in [4.69, 9.17) is 4.74 Å². The van der Waals surface area contributed by atoms with E-state index in [-0.39, 0.29) is 29.9 Å². The van der Waals surface area contributed by atoms with Crippen molar-refractivity contribution in [3.63, 3.8) is 0 Å². The molecule has 0 bridgehead atoms. The molecule has 2 rings (SSSR count). The van der Waals surface area contributed by atoms with Gasteiger partial charge in [-0.25, -0.2) is 0 Å². The minimum Gasteiger partial charge on any atom is -0.489 e. The van der Waals surface area contributed by atoms with Crippen molar-refractivity contribution in [2.75, 3.05) is 20.2 Å². The lowest BCUT2D eigenvalue weighted by molar-refractivity contribution is 0.0955. The van der Waals surface area contributed by atoms with Crippen molar-refractivity contribution in [3.8, 4) is 5.75 Å². The highest BCUT2D eigenvalue weighted by molar-refractivity contribution is 14.0. The fraction of sp³-hybridized carbons (Fsp3) is 0.273. The molecular formula is C22H29IN4O2. The van der Waals surface area contributed by atoms with Crippen LogP contribution in [0.5, 0.6) is 5.75 Å². The lowest BCUT2D eigenvalue weighted by Gasteiger charge is -2.14. The Bertz CT molecular complexity index is 824. The number of nitrogens with one attached hydrogen (secondary N) is 3. The van der Waals surface area contributed by atoms with Crippen LogP contribution in [-0.4, -0.2) is 32.1 Å². The molecule has 0 aromatic heterocycles. The van der Waals surface area contributed by atoms with E-state index in [1.165, 1.54) is 0 Å². The Morgan fingerprint density at radius 1 is 1.10 bits per heavy atom. The molecule has 2 aromatic carbocycles. The molecule has 0 atom stereocenters. The van der Waals surface area contributed by atoms with Crippen LogP contribution in [0, 0.1) is 0 Å². The minimum absolute atomic E-state index is 0. The normalized spacial score (nSPS) is 10.5. The highest BCUT2D eigenvalue weighted by atomic mass is 127. The van der Waals surface area contributed by atoms with Crippen LogP contribution >= 0.6 is 24.0 Å². The Kier molecular flexibility index (Phi) is 11.5. The molecule has 0 saturated carbocycles. The number of aliphatic imine (C=N–C) groups is 1. The molecule has 0 aliphatic heterocycles. The van der Waals surface area contributed by atoms with Crippen LogP contribution in [0.15, 0.2) is 66.2 Å². The highest BCUT2D eigenvalue weighted by Gasteiger charge is 2.06. The van der Waals surface area contributed by atoms with E-state index >= 15 is 0 Å². The summed E-state index contributed by atoms with van der Waals surface area (Å²) in [5.41, 5.74) is 2.68. The van der Waals surface area contributed by atoms with Crippen molar-refractivity contribution in [1.29, 1.82) is 0 Å². The molecule has 3 N–H and O–H groups in total. The van der Waals surface area contributed by atoms with Crippen LogP contribution < -0.4 is 20.7 Å². The van der Waals surface area contributed by atoms with Gasteiger partial charge in [0.2, 0.25) is 0 Å². The first-order valence-corrected chi connectivity index (χ1v) is 9.31. The number of hydrogen-bond acceptors (Lipinski definition) is 3. The third-order valence-electron chi connectivity index (χ3n) is 3.99. The fourth-order valence-corrected chi connectivity index (χ4v) is 2.61. The highest BCUT2D eigenvalue weighted by Crippen LogP contribution is 2.17. The molecule has 29 heavy (non-hydrogen) atoms. The molecule has 0 saturated heterocycles. The van der Waals surface area contributed by atoms with Crippen LogP contribution in [0.3, 0.4) is 0 Å². The van der Waals surface area contributed by atoms with Crippen LogP contribution in [0.25, 0.3) is 0 Å². The Labute approximate surface area is 189 Å². The fourth-order valence-electron chi connectivity index (χ4n) is 2.61. The molecule has 1 amide bonds. The molecule has 7 heteroatoms. The van der Waals surface area contributed by atoms with Crippen molar-refractivity contribution >= 4 is 35.8 Å². The number of rotatable bonds is 9. The van der Waals surface area contributed by atoms with Gasteiger partial charge in [0.05, 0.1) is 0 Å². The predicted octanol–water partition coefficient (Wildman–Crippen LogP) is 3.48. The Morgan fingerprint density at radius 3 is 2.59 bits per heavy atom. The predicted molar refractivity (Wildman–Crippen MR) is 129 cm³/mol. The van der Waals surface area contributed by atoms with E-state index < -0.39 is 0 Å². The number of para-hydroxylation sites is 1. The zero-order valence-corrected chi connectivity index (χ0v) is 19.2. The van der Waals surface area contributed by atoms with Crippen LogP contribution in [-0.2, 0) is 13.1 Å². The number of carbonyl (C=O) groups is 1. The lowest BCUT2D eigenvalue weighted by Crippen LogP contribution is -2.36. The zero-order chi connectivity index (χ0) is 20.2. The van der Waals surface area contributed by atoms with Crippen molar-refractivity contribution < 1.29 is 9.53 Å². The molecule has 0 aliphatic rings. The summed E-state index contributed by atoms with van der Waals surface area (Å²) < 4.78 is 5.68. The topological polar surface area (TPSA) is 74.8 Å². The summed E-state index contributed by atoms with van der Waals surface area (Å²) in [6, 6.07) is 15.4. The van der Waals surface area contributed by atoms with E-state index in [1.807, 2.05) is 55.5 Å². The van der Waals surface area contributed by atoms with E-state index in [0.717, 1.165) is 16.9 Å². The van der Waals surface area contributed by atoms with E-state index in [0.29, 0.717) is 37.8 Å². The van der Waals surface area contributed by atoms with E-state index in [1.54, 1.807) is 13.1 Å². The van der Waals surface area contributed by atoms with Crippen molar-refractivity contribution in [3.05, 3.63) is 77.9 Å². The summed E-state index contributed by atoms with van der Waals surface area (Å²) in [6.07, 6.45) is 1.72. The van der Waals surface area contributed by atoms with Crippen LogP contribution in [0.2, 0.25) is 0 Å². The third kappa shape index (κ3) is 8.15. The number of guanidine groups is 1. The molecular weight excluding hydrogens is 479 g/mol. The summed E-state index contributed by atoms with van der Waals surface area (Å²) in [6.45, 7) is 7.78. The summed E-state index contributed by atoms with van der Waals surface area (Å²) in [4.78, 5) is 16.2. The lowest BCUT2D eigenvalue weighted by atomic mass is 10.1. The van der Waals surface area contributed by atoms with Gasteiger partial charge in [0.25, 0.3) is 5.91 Å². The maximum Gasteiger partial charge on any atom is 0.251 e. The van der Waals surface area contributed by atoms with Gasteiger partial charge in [0.15, 0.2) is 5.96 Å². The molecule has 0 unspecified atom stereocenters. The number of nitrogens with zero attached hydrogens (tertiary/aromatic N) is 1. The number of hydrogen-bond donors (Lipinski definition) is 3. The number of benzene rings is 2. The van der Waals surface area contributed by atoms with Crippen molar-refractivity contribution in [2.45, 2.75) is 20.0 Å². The van der Waals surface area contributed by atoms with E-state index in [2.05, 4.69) is 27.5 Å². The summed E-state index contributed by atoms with van der Waals surface area (Å²) in [7, 11) is 1.72. The maximum atomic E-state index is 12.0. The first-order valence-electron chi connectivity index (χ1n) is 9.31. The van der Waals surface area contributed by atoms with Crippen molar-refractivity contribution in [1.82, 2.24) is 16.0 Å². The van der Waals surface area contributed by atoms with Gasteiger partial charge in [-0.15, -0.1) is 24.0 Å². The van der Waals surface area contributed by atoms with Gasteiger partial charge in [0, 0.05) is 37.8 Å². The minimum atomic E-state index is -0.0667. The van der Waals surface area contributed by atoms with Crippen LogP contribution in [0.1, 0.15) is 28.4 Å². The Balaban J connectivity index is 0.00000420. The molecule has 6 nitrogen and oxygen atoms in total. The second-order valence-electron chi connectivity index (χ2n) is 6.05. The Hall–Kier alpha value is -2.55. The van der Waals surface area contributed by atoms with Gasteiger partial charge in [-0.05, 0) is 30.7 Å².